The Bertz CT molecular complexity index is 429. The van der Waals surface area contributed by atoms with Gasteiger partial charge in [-0.25, -0.2) is 0 Å². The van der Waals surface area contributed by atoms with Gasteiger partial charge < -0.3 is 14.5 Å². The number of rotatable bonds is 12. The third-order valence-corrected chi connectivity index (χ3v) is 6.15. The summed E-state index contributed by atoms with van der Waals surface area (Å²) in [5, 5.41) is 0. The van der Waals surface area contributed by atoms with Gasteiger partial charge >= 0.3 is 5.97 Å². The van der Waals surface area contributed by atoms with Crippen molar-refractivity contribution < 1.29 is 14.3 Å². The molecule has 1 rings (SSSR count). The van der Waals surface area contributed by atoms with Gasteiger partial charge in [-0.3, -0.25) is 9.59 Å². The highest BCUT2D eigenvalue weighted by molar-refractivity contribution is 5.80. The monoisotopic (exact) mass is 382 g/mol. The van der Waals surface area contributed by atoms with E-state index < -0.39 is 0 Å². The number of unbranched alkanes of at least 4 members (excludes halogenated alkanes) is 1. The van der Waals surface area contributed by atoms with Gasteiger partial charge in [-0.15, -0.1) is 0 Å². The Labute approximate surface area is 166 Å². The molecule has 1 saturated carbocycles. The van der Waals surface area contributed by atoms with Crippen molar-refractivity contribution in [3.05, 3.63) is 0 Å². The van der Waals surface area contributed by atoms with Crippen molar-refractivity contribution in [3.63, 3.8) is 0 Å². The molecule has 1 aliphatic rings. The molecule has 27 heavy (non-hydrogen) atoms. The number of carbonyl (C=O) groups is 2. The van der Waals surface area contributed by atoms with Gasteiger partial charge in [-0.1, -0.05) is 47.0 Å². The quantitative estimate of drug-likeness (QED) is 0.479. The van der Waals surface area contributed by atoms with E-state index in [9.17, 15) is 9.59 Å². The molecule has 0 bridgehead atoms. The molecular formula is C22H42N2O3. The summed E-state index contributed by atoms with van der Waals surface area (Å²) in [6.45, 7) is 12.4. The maximum atomic E-state index is 13.2. The molecule has 0 aliphatic heterocycles. The van der Waals surface area contributed by atoms with Gasteiger partial charge in [0.2, 0.25) is 5.91 Å². The summed E-state index contributed by atoms with van der Waals surface area (Å²) < 4.78 is 4.87. The van der Waals surface area contributed by atoms with Gasteiger partial charge in [0.25, 0.3) is 0 Å². The van der Waals surface area contributed by atoms with Crippen LogP contribution in [0.1, 0.15) is 72.6 Å². The largest absolute Gasteiger partial charge is 0.469 e. The van der Waals surface area contributed by atoms with Crippen molar-refractivity contribution in [1.29, 1.82) is 0 Å². The van der Waals surface area contributed by atoms with E-state index in [1.165, 1.54) is 39.2 Å². The number of likely N-dealkylation sites (N-methyl/N-ethyl adjacent to an activating group) is 1. The molecule has 1 unspecified atom stereocenters. The summed E-state index contributed by atoms with van der Waals surface area (Å²) in [5.74, 6) is 0.652. The van der Waals surface area contributed by atoms with Gasteiger partial charge in [-0.05, 0) is 44.7 Å². The van der Waals surface area contributed by atoms with E-state index in [1.807, 2.05) is 11.8 Å². The minimum Gasteiger partial charge on any atom is -0.469 e. The Hall–Kier alpha value is -1.10. The van der Waals surface area contributed by atoms with Crippen molar-refractivity contribution >= 4 is 11.9 Å². The standard InChI is InChI=1S/C22H42N2O3/c1-6-9-10-19-11-13-20(14-12-19)21(25)24(16-15-23(7-2)8-3)17-18(4)22(26)27-5/h18-20H,6-17H2,1-5H3. The van der Waals surface area contributed by atoms with E-state index in [2.05, 4.69) is 25.7 Å². The van der Waals surface area contributed by atoms with Crippen LogP contribution in [0.3, 0.4) is 0 Å². The minimum atomic E-state index is -0.281. The predicted octanol–water partition coefficient (Wildman–Crippen LogP) is 3.96. The molecule has 1 amide bonds. The molecular weight excluding hydrogens is 340 g/mol. The number of methoxy groups -OCH3 is 1. The minimum absolute atomic E-state index is 0.129. The van der Waals surface area contributed by atoms with E-state index in [4.69, 9.17) is 4.74 Å². The summed E-state index contributed by atoms with van der Waals surface area (Å²) in [7, 11) is 1.42. The van der Waals surface area contributed by atoms with E-state index >= 15 is 0 Å². The van der Waals surface area contributed by atoms with Crippen LogP contribution in [0.15, 0.2) is 0 Å². The number of hydrogen-bond acceptors (Lipinski definition) is 4. The number of amides is 1. The molecule has 158 valence electrons. The molecule has 0 aromatic rings. The summed E-state index contributed by atoms with van der Waals surface area (Å²) in [6, 6.07) is 0. The Balaban J connectivity index is 2.67. The predicted molar refractivity (Wildman–Crippen MR) is 111 cm³/mol. The van der Waals surface area contributed by atoms with Crippen molar-refractivity contribution in [1.82, 2.24) is 9.80 Å². The van der Waals surface area contributed by atoms with Crippen LogP contribution >= 0.6 is 0 Å². The second-order valence-electron chi connectivity index (χ2n) is 8.10. The molecule has 0 spiro atoms. The summed E-state index contributed by atoms with van der Waals surface area (Å²) in [4.78, 5) is 29.3. The van der Waals surface area contributed by atoms with Crippen molar-refractivity contribution in [3.8, 4) is 0 Å². The maximum Gasteiger partial charge on any atom is 0.310 e. The zero-order valence-corrected chi connectivity index (χ0v) is 18.3. The lowest BCUT2D eigenvalue weighted by Gasteiger charge is -2.34. The summed E-state index contributed by atoms with van der Waals surface area (Å²) >= 11 is 0. The summed E-state index contributed by atoms with van der Waals surface area (Å²) in [5.41, 5.74) is 0. The number of nitrogens with zero attached hydrogens (tertiary/aromatic N) is 2. The van der Waals surface area contributed by atoms with Crippen LogP contribution in [0.5, 0.6) is 0 Å². The first kappa shape index (κ1) is 23.9. The second-order valence-corrected chi connectivity index (χ2v) is 8.10. The lowest BCUT2D eigenvalue weighted by atomic mass is 9.79. The lowest BCUT2D eigenvalue weighted by molar-refractivity contribution is -0.147. The van der Waals surface area contributed by atoms with Crippen molar-refractivity contribution in [2.75, 3.05) is 39.8 Å². The molecule has 0 heterocycles. The average Bonchev–Trinajstić information content (AvgIpc) is 2.71. The fraction of sp³-hybridized carbons (Fsp3) is 0.909. The van der Waals surface area contributed by atoms with Crippen LogP contribution in [-0.4, -0.2) is 61.5 Å². The lowest BCUT2D eigenvalue weighted by Crippen LogP contribution is -2.45. The van der Waals surface area contributed by atoms with Crippen LogP contribution in [0, 0.1) is 17.8 Å². The molecule has 0 N–H and O–H groups in total. The fourth-order valence-corrected chi connectivity index (χ4v) is 4.15. The van der Waals surface area contributed by atoms with E-state index in [1.54, 1.807) is 0 Å². The SMILES string of the molecule is CCCCC1CCC(C(=O)N(CCN(CC)CC)CC(C)C(=O)OC)CC1. The Morgan fingerprint density at radius 1 is 1.04 bits per heavy atom. The first-order valence-corrected chi connectivity index (χ1v) is 11.1. The van der Waals surface area contributed by atoms with E-state index in [-0.39, 0.29) is 23.7 Å². The zero-order valence-electron chi connectivity index (χ0n) is 18.3. The highest BCUT2D eigenvalue weighted by Crippen LogP contribution is 2.33. The van der Waals surface area contributed by atoms with Crippen LogP contribution in [-0.2, 0) is 14.3 Å². The molecule has 0 aromatic carbocycles. The fourth-order valence-electron chi connectivity index (χ4n) is 4.15. The molecule has 0 radical (unpaired) electrons. The smallest absolute Gasteiger partial charge is 0.310 e. The van der Waals surface area contributed by atoms with Gasteiger partial charge in [0.15, 0.2) is 0 Å². The van der Waals surface area contributed by atoms with Gasteiger partial charge in [0, 0.05) is 25.6 Å². The second kappa shape index (κ2) is 13.1. The molecule has 1 fully saturated rings. The summed E-state index contributed by atoms with van der Waals surface area (Å²) in [6.07, 6.45) is 8.21. The maximum absolute atomic E-state index is 13.2. The van der Waals surface area contributed by atoms with E-state index in [0.29, 0.717) is 13.1 Å². The highest BCUT2D eigenvalue weighted by atomic mass is 16.5. The molecule has 0 aromatic heterocycles. The zero-order chi connectivity index (χ0) is 20.2. The highest BCUT2D eigenvalue weighted by Gasteiger charge is 2.31. The first-order valence-electron chi connectivity index (χ1n) is 11.1. The Morgan fingerprint density at radius 2 is 1.67 bits per heavy atom. The first-order chi connectivity index (χ1) is 13.0. The molecule has 1 aliphatic carbocycles. The third kappa shape index (κ3) is 8.20. The number of hydrogen-bond donors (Lipinski definition) is 0. The van der Waals surface area contributed by atoms with Crippen LogP contribution in [0.2, 0.25) is 0 Å². The van der Waals surface area contributed by atoms with E-state index in [0.717, 1.165) is 38.4 Å². The average molecular weight is 383 g/mol. The Morgan fingerprint density at radius 3 is 2.19 bits per heavy atom. The molecule has 5 nitrogen and oxygen atoms in total. The molecule has 1 atom stereocenters. The number of ether oxygens (including phenoxy) is 1. The van der Waals surface area contributed by atoms with Crippen LogP contribution in [0.25, 0.3) is 0 Å². The molecule has 5 heteroatoms. The van der Waals surface area contributed by atoms with Gasteiger partial charge in [0.05, 0.1) is 13.0 Å². The van der Waals surface area contributed by atoms with Gasteiger partial charge in [-0.2, -0.15) is 0 Å². The normalized spacial score (nSPS) is 21.1. The third-order valence-electron chi connectivity index (χ3n) is 6.15. The number of esters is 1. The van der Waals surface area contributed by atoms with Crippen LogP contribution in [0.4, 0.5) is 0 Å². The van der Waals surface area contributed by atoms with Crippen molar-refractivity contribution in [2.24, 2.45) is 17.8 Å². The van der Waals surface area contributed by atoms with Crippen molar-refractivity contribution in [2.45, 2.75) is 72.6 Å². The Kier molecular flexibility index (Phi) is 11.7. The van der Waals surface area contributed by atoms with Gasteiger partial charge in [0.1, 0.15) is 0 Å². The number of carbonyl (C=O) groups excluding carboxylic acids is 2. The topological polar surface area (TPSA) is 49.9 Å². The van der Waals surface area contributed by atoms with Crippen LogP contribution < -0.4 is 0 Å². The molecule has 0 saturated heterocycles.